The van der Waals surface area contributed by atoms with Gasteiger partial charge >= 0.3 is 0 Å². The van der Waals surface area contributed by atoms with Gasteiger partial charge in [-0.15, -0.1) is 11.8 Å². The van der Waals surface area contributed by atoms with Crippen LogP contribution in [0.25, 0.3) is 0 Å². The number of carbonyl (C=O) groups is 2. The molecule has 22 heavy (non-hydrogen) atoms. The van der Waals surface area contributed by atoms with Gasteiger partial charge in [0, 0.05) is 11.8 Å². The zero-order chi connectivity index (χ0) is 16.1. The molecule has 2 atom stereocenters. The van der Waals surface area contributed by atoms with Crippen LogP contribution >= 0.6 is 11.8 Å². The average molecular weight is 318 g/mol. The molecule has 0 spiro atoms. The Hall–Kier alpha value is -1.75. The molecular weight excluding hydrogens is 296 g/mol. The van der Waals surface area contributed by atoms with Crippen LogP contribution in [-0.4, -0.2) is 34.4 Å². The van der Waals surface area contributed by atoms with Crippen molar-refractivity contribution >= 4 is 23.6 Å². The smallest absolute Gasteiger partial charge is 0.247 e. The summed E-state index contributed by atoms with van der Waals surface area (Å²) in [7, 11) is 0. The van der Waals surface area contributed by atoms with Crippen LogP contribution < -0.4 is 5.32 Å². The summed E-state index contributed by atoms with van der Waals surface area (Å²) in [5.41, 5.74) is 2.00. The highest BCUT2D eigenvalue weighted by atomic mass is 32.2. The van der Waals surface area contributed by atoms with E-state index in [4.69, 9.17) is 0 Å². The summed E-state index contributed by atoms with van der Waals surface area (Å²) in [6.45, 7) is 5.72. The number of benzene rings is 1. The van der Waals surface area contributed by atoms with Crippen molar-refractivity contribution in [3.05, 3.63) is 47.5 Å². The first kappa shape index (κ1) is 16.6. The second-order valence-corrected chi connectivity index (χ2v) is 6.69. The van der Waals surface area contributed by atoms with Crippen molar-refractivity contribution < 1.29 is 9.59 Å². The highest BCUT2D eigenvalue weighted by Crippen LogP contribution is 2.22. The van der Waals surface area contributed by atoms with Crippen LogP contribution in [-0.2, 0) is 9.59 Å². The van der Waals surface area contributed by atoms with Crippen molar-refractivity contribution in [3.8, 4) is 0 Å². The first-order valence-corrected chi connectivity index (χ1v) is 8.53. The van der Waals surface area contributed by atoms with Gasteiger partial charge in [0.15, 0.2) is 0 Å². The minimum Gasteiger partial charge on any atom is -0.348 e. The van der Waals surface area contributed by atoms with Crippen molar-refractivity contribution in [1.29, 1.82) is 0 Å². The predicted molar refractivity (Wildman–Crippen MR) is 90.4 cm³/mol. The number of allylic oxidation sites excluding steroid dienone is 1. The number of nitrogens with zero attached hydrogens (tertiary/aromatic N) is 1. The SMILES string of the molecule is CC(C)=CC(=O)N1CSCC1C(=O)NC(C)c1ccccc1. The quantitative estimate of drug-likeness (QED) is 0.869. The van der Waals surface area contributed by atoms with Crippen LogP contribution in [0.1, 0.15) is 32.4 Å². The number of hydrogen-bond acceptors (Lipinski definition) is 3. The maximum atomic E-state index is 12.5. The molecule has 1 aromatic rings. The fourth-order valence-electron chi connectivity index (χ4n) is 2.34. The summed E-state index contributed by atoms with van der Waals surface area (Å²) >= 11 is 1.61. The number of rotatable bonds is 4. The third kappa shape index (κ3) is 4.13. The Morgan fingerprint density at radius 1 is 1.32 bits per heavy atom. The molecule has 1 saturated heterocycles. The van der Waals surface area contributed by atoms with Gasteiger partial charge in [0.2, 0.25) is 11.8 Å². The molecule has 1 aliphatic heterocycles. The Bertz CT molecular complexity index is 567. The summed E-state index contributed by atoms with van der Waals surface area (Å²) in [5.74, 6) is 1.05. The topological polar surface area (TPSA) is 49.4 Å². The normalized spacial score (nSPS) is 18.7. The van der Waals surface area contributed by atoms with E-state index in [1.54, 1.807) is 22.7 Å². The summed E-state index contributed by atoms with van der Waals surface area (Å²) in [6, 6.07) is 9.37. The molecule has 1 aliphatic rings. The highest BCUT2D eigenvalue weighted by Gasteiger charge is 2.34. The van der Waals surface area contributed by atoms with Crippen LogP contribution in [0.4, 0.5) is 0 Å². The Morgan fingerprint density at radius 2 is 2.00 bits per heavy atom. The monoisotopic (exact) mass is 318 g/mol. The standard InChI is InChI=1S/C17H22N2O2S/c1-12(2)9-16(20)19-11-22-10-15(19)17(21)18-13(3)14-7-5-4-6-8-14/h4-9,13,15H,10-11H2,1-3H3,(H,18,21). The molecule has 0 aromatic heterocycles. The summed E-state index contributed by atoms with van der Waals surface area (Å²) < 4.78 is 0. The lowest BCUT2D eigenvalue weighted by Gasteiger charge is -2.24. The van der Waals surface area contributed by atoms with E-state index < -0.39 is 0 Å². The van der Waals surface area contributed by atoms with E-state index in [1.165, 1.54) is 0 Å². The molecule has 1 aromatic carbocycles. The van der Waals surface area contributed by atoms with E-state index in [-0.39, 0.29) is 23.9 Å². The molecule has 0 bridgehead atoms. The molecule has 1 N–H and O–H groups in total. The molecule has 118 valence electrons. The number of amides is 2. The van der Waals surface area contributed by atoms with Crippen LogP contribution in [0.3, 0.4) is 0 Å². The van der Waals surface area contributed by atoms with E-state index in [2.05, 4.69) is 5.32 Å². The van der Waals surface area contributed by atoms with Crippen LogP contribution in [0.5, 0.6) is 0 Å². The molecule has 5 heteroatoms. The first-order chi connectivity index (χ1) is 10.5. The number of hydrogen-bond donors (Lipinski definition) is 1. The van der Waals surface area contributed by atoms with E-state index in [9.17, 15) is 9.59 Å². The largest absolute Gasteiger partial charge is 0.348 e. The van der Waals surface area contributed by atoms with Crippen LogP contribution in [0.15, 0.2) is 42.0 Å². The zero-order valence-electron chi connectivity index (χ0n) is 13.2. The Labute approximate surface area is 136 Å². The fraction of sp³-hybridized carbons (Fsp3) is 0.412. The van der Waals surface area contributed by atoms with Gasteiger partial charge in [-0.05, 0) is 26.3 Å². The van der Waals surface area contributed by atoms with Crippen molar-refractivity contribution in [2.75, 3.05) is 11.6 Å². The fourth-order valence-corrected chi connectivity index (χ4v) is 3.51. The van der Waals surface area contributed by atoms with E-state index in [1.807, 2.05) is 51.1 Å². The molecule has 2 amide bonds. The second kappa shape index (κ2) is 7.49. The number of carbonyl (C=O) groups excluding carboxylic acids is 2. The van der Waals surface area contributed by atoms with Crippen molar-refractivity contribution in [3.63, 3.8) is 0 Å². The van der Waals surface area contributed by atoms with Gasteiger partial charge in [-0.2, -0.15) is 0 Å². The minimum atomic E-state index is -0.390. The molecule has 0 radical (unpaired) electrons. The maximum absolute atomic E-state index is 12.5. The molecule has 1 fully saturated rings. The molecule has 4 nitrogen and oxygen atoms in total. The Kier molecular flexibility index (Phi) is 5.66. The summed E-state index contributed by atoms with van der Waals surface area (Å²) in [5, 5.41) is 3.01. The van der Waals surface area contributed by atoms with E-state index in [0.29, 0.717) is 11.6 Å². The molecule has 2 rings (SSSR count). The molecule has 2 unspecified atom stereocenters. The predicted octanol–water partition coefficient (Wildman–Crippen LogP) is 2.73. The first-order valence-electron chi connectivity index (χ1n) is 7.37. The molecule has 0 saturated carbocycles. The molecule has 0 aliphatic carbocycles. The number of thioether (sulfide) groups is 1. The highest BCUT2D eigenvalue weighted by molar-refractivity contribution is 7.99. The Morgan fingerprint density at radius 3 is 2.64 bits per heavy atom. The molecular formula is C17H22N2O2S. The van der Waals surface area contributed by atoms with Crippen LogP contribution in [0.2, 0.25) is 0 Å². The van der Waals surface area contributed by atoms with Crippen molar-refractivity contribution in [2.24, 2.45) is 0 Å². The maximum Gasteiger partial charge on any atom is 0.247 e. The van der Waals surface area contributed by atoms with Gasteiger partial charge in [0.05, 0.1) is 11.9 Å². The summed E-state index contributed by atoms with van der Waals surface area (Å²) in [4.78, 5) is 26.3. The van der Waals surface area contributed by atoms with Crippen molar-refractivity contribution in [1.82, 2.24) is 10.2 Å². The number of nitrogens with one attached hydrogen (secondary N) is 1. The van der Waals surface area contributed by atoms with Gasteiger partial charge in [-0.3, -0.25) is 9.59 Å². The lowest BCUT2D eigenvalue weighted by Crippen LogP contribution is -2.47. The summed E-state index contributed by atoms with van der Waals surface area (Å²) in [6.07, 6.45) is 1.59. The third-order valence-electron chi connectivity index (χ3n) is 3.54. The van der Waals surface area contributed by atoms with Gasteiger partial charge in [0.1, 0.15) is 6.04 Å². The van der Waals surface area contributed by atoms with Gasteiger partial charge < -0.3 is 10.2 Å². The average Bonchev–Trinajstić information content (AvgIpc) is 2.97. The lowest BCUT2D eigenvalue weighted by atomic mass is 10.1. The molecule has 1 heterocycles. The van der Waals surface area contributed by atoms with Crippen LogP contribution in [0, 0.1) is 0 Å². The second-order valence-electron chi connectivity index (χ2n) is 5.69. The minimum absolute atomic E-state index is 0.0697. The van der Waals surface area contributed by atoms with E-state index in [0.717, 1.165) is 11.1 Å². The van der Waals surface area contributed by atoms with Gasteiger partial charge in [-0.25, -0.2) is 0 Å². The lowest BCUT2D eigenvalue weighted by molar-refractivity contribution is -0.135. The van der Waals surface area contributed by atoms with Gasteiger partial charge in [0.25, 0.3) is 0 Å². The van der Waals surface area contributed by atoms with Crippen molar-refractivity contribution in [2.45, 2.75) is 32.9 Å². The van der Waals surface area contributed by atoms with E-state index >= 15 is 0 Å². The van der Waals surface area contributed by atoms with Gasteiger partial charge in [-0.1, -0.05) is 35.9 Å². The third-order valence-corrected chi connectivity index (χ3v) is 4.55. The zero-order valence-corrected chi connectivity index (χ0v) is 14.0. The Balaban J connectivity index is 2.02.